The lowest BCUT2D eigenvalue weighted by atomic mass is 9.99. The predicted molar refractivity (Wildman–Crippen MR) is 176 cm³/mol. The van der Waals surface area contributed by atoms with Gasteiger partial charge in [0.1, 0.15) is 29.1 Å². The van der Waals surface area contributed by atoms with E-state index in [-0.39, 0.29) is 25.6 Å². The van der Waals surface area contributed by atoms with Crippen LogP contribution in [0, 0.1) is 0 Å². The number of ether oxygens (including phenoxy) is 4. The van der Waals surface area contributed by atoms with Gasteiger partial charge in [-0.2, -0.15) is 0 Å². The van der Waals surface area contributed by atoms with E-state index in [1.165, 1.54) is 0 Å². The van der Waals surface area contributed by atoms with Gasteiger partial charge in [0.2, 0.25) is 0 Å². The number of alkyl carbamates (subject to hydrolysis) is 1. The Labute approximate surface area is 269 Å². The molecule has 0 fully saturated rings. The molecule has 10 heteroatoms. The van der Waals surface area contributed by atoms with Gasteiger partial charge in [-0.05, 0) is 95.5 Å². The van der Waals surface area contributed by atoms with Crippen LogP contribution in [-0.2, 0) is 38.6 Å². The Bertz CT molecular complexity index is 1690. The summed E-state index contributed by atoms with van der Waals surface area (Å²) in [6.07, 6.45) is 0.551. The second-order valence-corrected chi connectivity index (χ2v) is 12.8. The van der Waals surface area contributed by atoms with Gasteiger partial charge < -0.3 is 28.7 Å². The Morgan fingerprint density at radius 3 is 2.28 bits per heavy atom. The van der Waals surface area contributed by atoms with Gasteiger partial charge in [-0.25, -0.2) is 9.59 Å². The minimum absolute atomic E-state index is 0.00598. The summed E-state index contributed by atoms with van der Waals surface area (Å²) in [6.45, 7) is 13.3. The van der Waals surface area contributed by atoms with E-state index in [4.69, 9.17) is 23.4 Å². The summed E-state index contributed by atoms with van der Waals surface area (Å²) in [5.41, 5.74) is 4.04. The lowest BCUT2D eigenvalue weighted by Crippen LogP contribution is -2.32. The number of hydrogen-bond donors (Lipinski definition) is 2. The Morgan fingerprint density at radius 1 is 0.826 bits per heavy atom. The smallest absolute Gasteiger partial charge is 0.412 e. The molecule has 2 N–H and O–H groups in total. The zero-order valence-electron chi connectivity index (χ0n) is 27.4. The monoisotopic (exact) mass is 630 g/mol. The maximum absolute atomic E-state index is 12.4. The van der Waals surface area contributed by atoms with E-state index in [0.717, 1.165) is 27.6 Å². The first-order valence-electron chi connectivity index (χ1n) is 15.2. The van der Waals surface area contributed by atoms with Crippen molar-refractivity contribution in [2.45, 2.75) is 79.2 Å². The lowest BCUT2D eigenvalue weighted by Gasteiger charge is -2.20. The Hall–Kier alpha value is -4.99. The molecule has 244 valence electrons. The van der Waals surface area contributed by atoms with Crippen molar-refractivity contribution in [3.05, 3.63) is 83.6 Å². The van der Waals surface area contributed by atoms with Crippen LogP contribution in [0.2, 0.25) is 0 Å². The second-order valence-electron chi connectivity index (χ2n) is 12.8. The molecular formula is C36H42N2O8. The van der Waals surface area contributed by atoms with Crippen molar-refractivity contribution < 1.29 is 37.7 Å². The fourth-order valence-electron chi connectivity index (χ4n) is 4.64. The largest absolute Gasteiger partial charge is 0.489 e. The van der Waals surface area contributed by atoms with Crippen LogP contribution in [0.1, 0.15) is 65.2 Å². The molecule has 3 aromatic carbocycles. The van der Waals surface area contributed by atoms with Crippen LogP contribution in [0.15, 0.2) is 71.3 Å². The molecule has 0 spiro atoms. The molecule has 10 nitrogen and oxygen atoms in total. The predicted octanol–water partition coefficient (Wildman–Crippen LogP) is 8.16. The van der Waals surface area contributed by atoms with Gasteiger partial charge in [-0.1, -0.05) is 24.3 Å². The number of amides is 2. The van der Waals surface area contributed by atoms with E-state index in [9.17, 15) is 14.4 Å². The van der Waals surface area contributed by atoms with Crippen LogP contribution in [-0.4, -0.2) is 36.0 Å². The van der Waals surface area contributed by atoms with Gasteiger partial charge in [0, 0.05) is 34.8 Å². The van der Waals surface area contributed by atoms with Gasteiger partial charge in [0.05, 0.1) is 19.3 Å². The number of nitrogens with one attached hydrogen (secondary N) is 2. The third-order valence-corrected chi connectivity index (χ3v) is 6.43. The van der Waals surface area contributed by atoms with Gasteiger partial charge >= 0.3 is 18.2 Å². The van der Waals surface area contributed by atoms with Gasteiger partial charge in [-0.3, -0.25) is 10.1 Å². The average Bonchev–Trinajstić information content (AvgIpc) is 3.43. The number of benzene rings is 3. The van der Waals surface area contributed by atoms with Crippen LogP contribution in [0.4, 0.5) is 15.3 Å². The van der Waals surface area contributed by atoms with Crippen molar-refractivity contribution in [3.8, 4) is 16.9 Å². The Morgan fingerprint density at radius 2 is 1.57 bits per heavy atom. The summed E-state index contributed by atoms with van der Waals surface area (Å²) < 4.78 is 28.0. The molecule has 0 atom stereocenters. The van der Waals surface area contributed by atoms with Gasteiger partial charge in [0.25, 0.3) is 0 Å². The first kappa shape index (κ1) is 33.9. The first-order valence-corrected chi connectivity index (χ1v) is 15.2. The number of carbonyl (C=O) groups is 3. The van der Waals surface area contributed by atoms with E-state index in [1.807, 2.05) is 63.2 Å². The Balaban J connectivity index is 1.58. The summed E-state index contributed by atoms with van der Waals surface area (Å²) >= 11 is 0. The molecule has 0 aliphatic heterocycles. The van der Waals surface area contributed by atoms with Crippen LogP contribution in [0.25, 0.3) is 22.1 Å². The average molecular weight is 631 g/mol. The highest BCUT2D eigenvalue weighted by atomic mass is 16.6. The highest BCUT2D eigenvalue weighted by Gasteiger charge is 2.19. The lowest BCUT2D eigenvalue weighted by molar-refractivity contribution is -0.142. The number of anilines is 1. The second kappa shape index (κ2) is 14.4. The van der Waals surface area contributed by atoms with Crippen molar-refractivity contribution in [1.29, 1.82) is 0 Å². The van der Waals surface area contributed by atoms with Crippen LogP contribution in [0.5, 0.6) is 5.75 Å². The molecule has 2 amide bonds. The topological polar surface area (TPSA) is 125 Å². The number of esters is 1. The molecule has 0 aliphatic rings. The number of hydrogen-bond acceptors (Lipinski definition) is 8. The van der Waals surface area contributed by atoms with E-state index in [1.54, 1.807) is 52.2 Å². The van der Waals surface area contributed by atoms with Crippen LogP contribution in [0.3, 0.4) is 0 Å². The highest BCUT2D eigenvalue weighted by molar-refractivity contribution is 5.93. The van der Waals surface area contributed by atoms with Crippen molar-refractivity contribution in [1.82, 2.24) is 5.32 Å². The van der Waals surface area contributed by atoms with Crippen molar-refractivity contribution in [2.24, 2.45) is 0 Å². The summed E-state index contributed by atoms with van der Waals surface area (Å²) in [7, 11) is 0. The molecule has 46 heavy (non-hydrogen) atoms. The zero-order chi connectivity index (χ0) is 33.5. The third-order valence-electron chi connectivity index (χ3n) is 6.43. The molecule has 0 unspecified atom stereocenters. The minimum Gasteiger partial charge on any atom is -0.489 e. The fourth-order valence-corrected chi connectivity index (χ4v) is 4.64. The van der Waals surface area contributed by atoms with E-state index in [2.05, 4.69) is 10.6 Å². The molecule has 0 saturated heterocycles. The van der Waals surface area contributed by atoms with E-state index in [0.29, 0.717) is 29.1 Å². The quantitative estimate of drug-likeness (QED) is 0.133. The summed E-state index contributed by atoms with van der Waals surface area (Å²) in [6, 6.07) is 18.7. The van der Waals surface area contributed by atoms with Gasteiger partial charge in [-0.15, -0.1) is 0 Å². The number of fused-ring (bicyclic) bond motifs is 1. The first-order chi connectivity index (χ1) is 21.7. The van der Waals surface area contributed by atoms with Crippen LogP contribution >= 0.6 is 0 Å². The third kappa shape index (κ3) is 10.0. The van der Waals surface area contributed by atoms with Crippen LogP contribution < -0.4 is 15.4 Å². The summed E-state index contributed by atoms with van der Waals surface area (Å²) in [4.78, 5) is 36.9. The van der Waals surface area contributed by atoms with Crippen molar-refractivity contribution in [2.75, 3.05) is 11.9 Å². The molecule has 1 heterocycles. The molecule has 0 saturated carbocycles. The molecule has 0 radical (unpaired) electrons. The van der Waals surface area contributed by atoms with E-state index >= 15 is 0 Å². The van der Waals surface area contributed by atoms with Crippen molar-refractivity contribution in [3.63, 3.8) is 0 Å². The number of rotatable bonds is 10. The maximum atomic E-state index is 12.4. The normalized spacial score (nSPS) is 11.5. The summed E-state index contributed by atoms with van der Waals surface area (Å²) in [5, 5.41) is 6.41. The Kier molecular flexibility index (Phi) is 10.6. The summed E-state index contributed by atoms with van der Waals surface area (Å²) in [5.74, 6) is 0.0361. The molecular weight excluding hydrogens is 588 g/mol. The molecule has 1 aromatic heterocycles. The van der Waals surface area contributed by atoms with E-state index < -0.39 is 23.4 Å². The van der Waals surface area contributed by atoms with Gasteiger partial charge in [0.15, 0.2) is 0 Å². The highest BCUT2D eigenvalue weighted by Crippen LogP contribution is 2.33. The molecule has 4 rings (SSSR count). The SMILES string of the molecule is CCOC(=O)Cc1ccc(NC(=O)OC(C)(C)C)cc1OCc1cc(-c2cccc(CNC(=O)OC(C)(C)C)c2)c2occc2c1. The number of furan rings is 1. The maximum Gasteiger partial charge on any atom is 0.412 e. The number of carbonyl (C=O) groups excluding carboxylic acids is 3. The molecule has 0 bridgehead atoms. The minimum atomic E-state index is -0.662. The standard InChI is InChI=1S/C36H42N2O8/c1-8-42-31(39)19-26-12-13-28(38-34(41)46-36(5,6)7)20-30(26)44-22-24-17-27-14-15-43-32(27)29(18-24)25-11-9-10-23(16-25)21-37-33(40)45-35(2,3)4/h9-18,20H,8,19,21-22H2,1-7H3,(H,37,40)(H,38,41). The fraction of sp³-hybridized carbons (Fsp3) is 0.361. The molecule has 0 aliphatic carbocycles. The molecule has 4 aromatic rings. The van der Waals surface area contributed by atoms with Crippen molar-refractivity contribution >= 4 is 34.8 Å². The zero-order valence-corrected chi connectivity index (χ0v) is 27.4.